The Kier molecular flexibility index (Phi) is 5.59. The van der Waals surface area contributed by atoms with E-state index in [1.165, 1.54) is 0 Å². The summed E-state index contributed by atoms with van der Waals surface area (Å²) in [5.41, 5.74) is 7.65. The predicted octanol–water partition coefficient (Wildman–Crippen LogP) is 2.48. The van der Waals surface area contributed by atoms with Crippen LogP contribution in [0.4, 0.5) is 10.5 Å². The fraction of sp³-hybridized carbons (Fsp3) is 0.562. The third kappa shape index (κ3) is 4.19. The van der Waals surface area contributed by atoms with E-state index >= 15 is 0 Å². The monoisotopic (exact) mass is 291 g/mol. The summed E-state index contributed by atoms with van der Waals surface area (Å²) in [7, 11) is 0. The lowest BCUT2D eigenvalue weighted by molar-refractivity contribution is 0.197. The third-order valence-corrected chi connectivity index (χ3v) is 4.02. The molecule has 116 valence electrons. The Bertz CT molecular complexity index is 459. The van der Waals surface area contributed by atoms with Crippen molar-refractivity contribution < 1.29 is 9.90 Å². The number of carbonyl (C=O) groups excluding carboxylic acids is 1. The van der Waals surface area contributed by atoms with Gasteiger partial charge in [-0.3, -0.25) is 0 Å². The zero-order chi connectivity index (χ0) is 15.2. The van der Waals surface area contributed by atoms with Crippen molar-refractivity contribution in [3.8, 4) is 0 Å². The molecule has 1 aliphatic rings. The molecule has 0 aliphatic carbocycles. The van der Waals surface area contributed by atoms with Crippen molar-refractivity contribution in [2.45, 2.75) is 44.7 Å². The molecule has 0 spiro atoms. The van der Waals surface area contributed by atoms with E-state index in [0.717, 1.165) is 43.5 Å². The van der Waals surface area contributed by atoms with Gasteiger partial charge in [0.05, 0.1) is 0 Å². The molecule has 0 radical (unpaired) electrons. The Morgan fingerprint density at radius 1 is 1.48 bits per heavy atom. The minimum atomic E-state index is -0.0519. The molecule has 2 atom stereocenters. The maximum atomic E-state index is 12.3. The van der Waals surface area contributed by atoms with E-state index in [-0.39, 0.29) is 24.7 Å². The number of amides is 2. The number of benzene rings is 1. The second-order valence-corrected chi connectivity index (χ2v) is 5.70. The first-order valence-corrected chi connectivity index (χ1v) is 7.66. The van der Waals surface area contributed by atoms with E-state index in [1.54, 1.807) is 0 Å². The molecule has 4 N–H and O–H groups in total. The summed E-state index contributed by atoms with van der Waals surface area (Å²) in [6.07, 6.45) is 3.68. The van der Waals surface area contributed by atoms with Gasteiger partial charge in [0.1, 0.15) is 0 Å². The number of hydrogen-bond acceptors (Lipinski definition) is 3. The number of carbonyl (C=O) groups is 1. The normalized spacial score (nSPS) is 19.6. The summed E-state index contributed by atoms with van der Waals surface area (Å²) in [6, 6.07) is 7.84. The van der Waals surface area contributed by atoms with Gasteiger partial charge in [-0.2, -0.15) is 0 Å². The fourth-order valence-electron chi connectivity index (χ4n) is 2.80. The van der Waals surface area contributed by atoms with Crippen LogP contribution in [0.5, 0.6) is 0 Å². The molecule has 2 amide bonds. The van der Waals surface area contributed by atoms with Crippen LogP contribution < -0.4 is 11.1 Å². The van der Waals surface area contributed by atoms with Crippen molar-refractivity contribution in [1.29, 1.82) is 0 Å². The topological polar surface area (TPSA) is 78.6 Å². The Hall–Kier alpha value is -1.59. The molecule has 1 aliphatic heterocycles. The highest BCUT2D eigenvalue weighted by Crippen LogP contribution is 2.23. The first-order chi connectivity index (χ1) is 10.1. The summed E-state index contributed by atoms with van der Waals surface area (Å²) in [5.74, 6) is 0. The van der Waals surface area contributed by atoms with Gasteiger partial charge in [-0.25, -0.2) is 4.79 Å². The molecule has 1 aromatic rings. The van der Waals surface area contributed by atoms with Crippen molar-refractivity contribution in [3.63, 3.8) is 0 Å². The van der Waals surface area contributed by atoms with E-state index < -0.39 is 0 Å². The number of nitrogens with one attached hydrogen (secondary N) is 1. The minimum absolute atomic E-state index is 0.00352. The highest BCUT2D eigenvalue weighted by atomic mass is 16.3. The van der Waals surface area contributed by atoms with Crippen LogP contribution in [0, 0.1) is 0 Å². The molecule has 2 unspecified atom stereocenters. The lowest BCUT2D eigenvalue weighted by Gasteiger charge is -2.25. The van der Waals surface area contributed by atoms with E-state index in [1.807, 2.05) is 36.1 Å². The number of aliphatic hydroxyl groups is 1. The highest BCUT2D eigenvalue weighted by molar-refractivity contribution is 5.89. The van der Waals surface area contributed by atoms with Crippen molar-refractivity contribution >= 4 is 11.7 Å². The Labute approximate surface area is 126 Å². The molecule has 1 aromatic carbocycles. The first-order valence-electron chi connectivity index (χ1n) is 7.66. The molecule has 5 heteroatoms. The van der Waals surface area contributed by atoms with Gasteiger partial charge in [0.15, 0.2) is 0 Å². The molecule has 1 saturated heterocycles. The number of likely N-dealkylation sites (tertiary alicyclic amines) is 1. The second-order valence-electron chi connectivity index (χ2n) is 5.70. The molecule has 5 nitrogen and oxygen atoms in total. The van der Waals surface area contributed by atoms with Crippen LogP contribution in [0.1, 0.15) is 44.2 Å². The second kappa shape index (κ2) is 7.43. The molecule has 1 heterocycles. The molecular formula is C16H25N3O2. The van der Waals surface area contributed by atoms with Gasteiger partial charge in [-0.05, 0) is 50.3 Å². The minimum Gasteiger partial charge on any atom is -0.396 e. The maximum Gasteiger partial charge on any atom is 0.322 e. The average Bonchev–Trinajstić information content (AvgIpc) is 2.94. The van der Waals surface area contributed by atoms with Crippen LogP contribution in [-0.4, -0.2) is 35.2 Å². The SMILES string of the molecule is CC(N)c1ccc(NC(=O)N2CCCC2CCCO)cc1. The Balaban J connectivity index is 1.93. The molecule has 0 saturated carbocycles. The van der Waals surface area contributed by atoms with Gasteiger partial charge in [0.25, 0.3) is 0 Å². The molecular weight excluding hydrogens is 266 g/mol. The average molecular weight is 291 g/mol. The molecule has 1 fully saturated rings. The maximum absolute atomic E-state index is 12.3. The number of hydrogen-bond donors (Lipinski definition) is 3. The summed E-state index contributed by atoms with van der Waals surface area (Å²) in [6.45, 7) is 2.91. The lowest BCUT2D eigenvalue weighted by atomic mass is 10.1. The lowest BCUT2D eigenvalue weighted by Crippen LogP contribution is -2.38. The number of urea groups is 1. The Morgan fingerprint density at radius 3 is 2.81 bits per heavy atom. The number of aliphatic hydroxyl groups excluding tert-OH is 1. The zero-order valence-corrected chi connectivity index (χ0v) is 12.6. The summed E-state index contributed by atoms with van der Waals surface area (Å²) in [5, 5.41) is 11.9. The van der Waals surface area contributed by atoms with Crippen LogP contribution in [0.25, 0.3) is 0 Å². The number of nitrogens with zero attached hydrogens (tertiary/aromatic N) is 1. The van der Waals surface area contributed by atoms with Gasteiger partial charge < -0.3 is 21.1 Å². The molecule has 0 aromatic heterocycles. The van der Waals surface area contributed by atoms with Gasteiger partial charge in [-0.15, -0.1) is 0 Å². The number of anilines is 1. The van der Waals surface area contributed by atoms with Crippen molar-refractivity contribution in [2.24, 2.45) is 5.73 Å². The quantitative estimate of drug-likeness (QED) is 0.780. The number of nitrogens with two attached hydrogens (primary N) is 1. The predicted molar refractivity (Wildman–Crippen MR) is 84.1 cm³/mol. The van der Waals surface area contributed by atoms with Gasteiger partial charge in [0.2, 0.25) is 0 Å². The summed E-state index contributed by atoms with van der Waals surface area (Å²) >= 11 is 0. The van der Waals surface area contributed by atoms with Gasteiger partial charge in [0, 0.05) is 30.9 Å². The molecule has 21 heavy (non-hydrogen) atoms. The van der Waals surface area contributed by atoms with Gasteiger partial charge >= 0.3 is 6.03 Å². The van der Waals surface area contributed by atoms with E-state index in [9.17, 15) is 4.79 Å². The smallest absolute Gasteiger partial charge is 0.322 e. The first kappa shape index (κ1) is 15.8. The standard InChI is InChI=1S/C16H25N3O2/c1-12(17)13-6-8-14(9-7-13)18-16(21)19-10-2-4-15(19)5-3-11-20/h6-9,12,15,20H,2-5,10-11,17H2,1H3,(H,18,21). The van der Waals surface area contributed by atoms with Gasteiger partial charge in [-0.1, -0.05) is 12.1 Å². The van der Waals surface area contributed by atoms with Crippen molar-refractivity contribution in [2.75, 3.05) is 18.5 Å². The van der Waals surface area contributed by atoms with Crippen molar-refractivity contribution in [3.05, 3.63) is 29.8 Å². The Morgan fingerprint density at radius 2 is 2.19 bits per heavy atom. The molecule has 0 bridgehead atoms. The third-order valence-electron chi connectivity index (χ3n) is 4.02. The van der Waals surface area contributed by atoms with Crippen LogP contribution in [-0.2, 0) is 0 Å². The van der Waals surface area contributed by atoms with Crippen molar-refractivity contribution in [1.82, 2.24) is 4.90 Å². The highest BCUT2D eigenvalue weighted by Gasteiger charge is 2.28. The zero-order valence-electron chi connectivity index (χ0n) is 12.6. The van der Waals surface area contributed by atoms with Crippen LogP contribution in [0.15, 0.2) is 24.3 Å². The fourth-order valence-corrected chi connectivity index (χ4v) is 2.80. The van der Waals surface area contributed by atoms with E-state index in [4.69, 9.17) is 10.8 Å². The summed E-state index contributed by atoms with van der Waals surface area (Å²) in [4.78, 5) is 14.2. The number of rotatable bonds is 5. The largest absolute Gasteiger partial charge is 0.396 e. The van der Waals surface area contributed by atoms with E-state index in [2.05, 4.69) is 5.32 Å². The van der Waals surface area contributed by atoms with Crippen LogP contribution in [0.2, 0.25) is 0 Å². The van der Waals surface area contributed by atoms with Crippen LogP contribution >= 0.6 is 0 Å². The van der Waals surface area contributed by atoms with E-state index in [0.29, 0.717) is 0 Å². The molecule has 2 rings (SSSR count). The van der Waals surface area contributed by atoms with Crippen LogP contribution in [0.3, 0.4) is 0 Å². The summed E-state index contributed by atoms with van der Waals surface area (Å²) < 4.78 is 0.